The van der Waals surface area contributed by atoms with Gasteiger partial charge in [0.05, 0.1) is 17.4 Å². The molecule has 2 heterocycles. The largest absolute Gasteiger partial charge is 0.355 e. The van der Waals surface area contributed by atoms with E-state index in [1.165, 1.54) is 4.88 Å². The van der Waals surface area contributed by atoms with E-state index in [-0.39, 0.29) is 11.2 Å². The number of hydrogen-bond donors (Lipinski definition) is 0. The third-order valence-corrected chi connectivity index (χ3v) is 3.98. The number of aromatic nitrogens is 2. The Morgan fingerprint density at radius 2 is 2.26 bits per heavy atom. The van der Waals surface area contributed by atoms with E-state index in [0.29, 0.717) is 6.54 Å². The molecule has 19 heavy (non-hydrogen) atoms. The molecule has 0 spiro atoms. The van der Waals surface area contributed by atoms with Crippen LogP contribution in [0.1, 0.15) is 18.7 Å². The van der Waals surface area contributed by atoms with Crippen molar-refractivity contribution in [3.8, 4) is 6.07 Å². The number of halogens is 1. The van der Waals surface area contributed by atoms with E-state index < -0.39 is 0 Å². The van der Waals surface area contributed by atoms with Crippen LogP contribution in [0.2, 0.25) is 5.28 Å². The first-order chi connectivity index (χ1) is 9.05. The van der Waals surface area contributed by atoms with Crippen LogP contribution >= 0.6 is 22.9 Å². The SMILES string of the molecule is CCN(CC(C)C#N)c1nc(Cl)nc2sc(C)cc12. The van der Waals surface area contributed by atoms with Gasteiger partial charge in [0.15, 0.2) is 0 Å². The van der Waals surface area contributed by atoms with Crippen LogP contribution < -0.4 is 4.90 Å². The lowest BCUT2D eigenvalue weighted by Gasteiger charge is -2.23. The van der Waals surface area contributed by atoms with Crippen molar-refractivity contribution in [2.45, 2.75) is 20.8 Å². The second-order valence-corrected chi connectivity index (χ2v) is 6.03. The Morgan fingerprint density at radius 3 is 2.89 bits per heavy atom. The monoisotopic (exact) mass is 294 g/mol. The van der Waals surface area contributed by atoms with E-state index in [2.05, 4.69) is 27.0 Å². The minimum Gasteiger partial charge on any atom is -0.355 e. The minimum atomic E-state index is -0.0523. The second kappa shape index (κ2) is 5.72. The molecule has 0 aromatic carbocycles. The van der Waals surface area contributed by atoms with Gasteiger partial charge in [-0.05, 0) is 38.4 Å². The fourth-order valence-electron chi connectivity index (χ4n) is 1.98. The molecule has 1 unspecified atom stereocenters. The van der Waals surface area contributed by atoms with E-state index in [1.807, 2.05) is 20.8 Å². The zero-order chi connectivity index (χ0) is 14.0. The summed E-state index contributed by atoms with van der Waals surface area (Å²) in [6.45, 7) is 7.42. The molecule has 0 aliphatic rings. The Morgan fingerprint density at radius 1 is 1.53 bits per heavy atom. The summed E-state index contributed by atoms with van der Waals surface area (Å²) in [6, 6.07) is 4.33. The molecule has 4 nitrogen and oxygen atoms in total. The van der Waals surface area contributed by atoms with Crippen LogP contribution in [-0.2, 0) is 0 Å². The predicted molar refractivity (Wildman–Crippen MR) is 79.8 cm³/mol. The maximum Gasteiger partial charge on any atom is 0.225 e. The molecule has 2 rings (SSSR count). The van der Waals surface area contributed by atoms with E-state index in [4.69, 9.17) is 16.9 Å². The zero-order valence-electron chi connectivity index (χ0n) is 11.1. The molecule has 0 saturated heterocycles. The molecule has 0 amide bonds. The Kier molecular flexibility index (Phi) is 4.23. The van der Waals surface area contributed by atoms with Crippen LogP contribution in [0.3, 0.4) is 0 Å². The lowest BCUT2D eigenvalue weighted by Crippen LogP contribution is -2.28. The Balaban J connectivity index is 2.50. The van der Waals surface area contributed by atoms with Crippen molar-refractivity contribution in [2.24, 2.45) is 5.92 Å². The first kappa shape index (κ1) is 14.0. The van der Waals surface area contributed by atoms with Crippen LogP contribution in [0.25, 0.3) is 10.2 Å². The lowest BCUT2D eigenvalue weighted by molar-refractivity contribution is 0.681. The molecule has 0 bridgehead atoms. The van der Waals surface area contributed by atoms with Gasteiger partial charge < -0.3 is 4.90 Å². The molecule has 100 valence electrons. The molecule has 0 fully saturated rings. The highest BCUT2D eigenvalue weighted by Crippen LogP contribution is 2.31. The van der Waals surface area contributed by atoms with Gasteiger partial charge in [-0.3, -0.25) is 0 Å². The maximum atomic E-state index is 8.96. The number of hydrogen-bond acceptors (Lipinski definition) is 5. The molecule has 1 atom stereocenters. The van der Waals surface area contributed by atoms with E-state index in [9.17, 15) is 0 Å². The third-order valence-electron chi connectivity index (χ3n) is 2.86. The highest BCUT2D eigenvalue weighted by Gasteiger charge is 2.16. The van der Waals surface area contributed by atoms with Crippen molar-refractivity contribution < 1.29 is 0 Å². The second-order valence-electron chi connectivity index (χ2n) is 4.46. The third kappa shape index (κ3) is 2.96. The Hall–Kier alpha value is -1.38. The number of thiophene rings is 1. The summed E-state index contributed by atoms with van der Waals surface area (Å²) in [5.41, 5.74) is 0. The molecule has 6 heteroatoms. The van der Waals surface area contributed by atoms with E-state index in [1.54, 1.807) is 11.3 Å². The van der Waals surface area contributed by atoms with Gasteiger partial charge in [-0.2, -0.15) is 10.2 Å². The number of aryl methyl sites for hydroxylation is 1. The predicted octanol–water partition coefficient (Wildman–Crippen LogP) is 3.64. The van der Waals surface area contributed by atoms with Crippen LogP contribution in [0.5, 0.6) is 0 Å². The van der Waals surface area contributed by atoms with Gasteiger partial charge in [-0.25, -0.2) is 4.98 Å². The van der Waals surface area contributed by atoms with Crippen LogP contribution in [-0.4, -0.2) is 23.1 Å². The standard InChI is InChI=1S/C13H15ClN4S/c1-4-18(7-8(2)6-15)11-10-5-9(3)19-12(10)17-13(14)16-11/h5,8H,4,7H2,1-3H3. The van der Waals surface area contributed by atoms with Gasteiger partial charge in [0.25, 0.3) is 0 Å². The first-order valence-electron chi connectivity index (χ1n) is 6.13. The highest BCUT2D eigenvalue weighted by molar-refractivity contribution is 7.18. The van der Waals surface area contributed by atoms with Gasteiger partial charge in [-0.1, -0.05) is 0 Å². The van der Waals surface area contributed by atoms with Gasteiger partial charge in [-0.15, -0.1) is 11.3 Å². The quantitative estimate of drug-likeness (QED) is 0.808. The molecular weight excluding hydrogens is 280 g/mol. The van der Waals surface area contributed by atoms with Gasteiger partial charge in [0.1, 0.15) is 10.6 Å². The van der Waals surface area contributed by atoms with Gasteiger partial charge in [0.2, 0.25) is 5.28 Å². The van der Waals surface area contributed by atoms with E-state index >= 15 is 0 Å². The molecule has 2 aromatic heterocycles. The van der Waals surface area contributed by atoms with Crippen molar-refractivity contribution in [1.29, 1.82) is 5.26 Å². The van der Waals surface area contributed by atoms with Crippen molar-refractivity contribution in [3.63, 3.8) is 0 Å². The van der Waals surface area contributed by atoms with Crippen LogP contribution in [0, 0.1) is 24.2 Å². The summed E-state index contributed by atoms with van der Waals surface area (Å²) in [5.74, 6) is 0.771. The molecule has 0 aliphatic heterocycles. The first-order valence-corrected chi connectivity index (χ1v) is 7.32. The molecule has 0 N–H and O–H groups in total. The highest BCUT2D eigenvalue weighted by atomic mass is 35.5. The van der Waals surface area contributed by atoms with Crippen molar-refractivity contribution in [3.05, 3.63) is 16.2 Å². The fraction of sp³-hybridized carbons (Fsp3) is 0.462. The maximum absolute atomic E-state index is 8.96. The van der Waals surface area contributed by atoms with Crippen molar-refractivity contribution in [2.75, 3.05) is 18.0 Å². The summed E-state index contributed by atoms with van der Waals surface area (Å²) in [5, 5.41) is 10.2. The van der Waals surface area contributed by atoms with Crippen LogP contribution in [0.4, 0.5) is 5.82 Å². The van der Waals surface area contributed by atoms with Gasteiger partial charge >= 0.3 is 0 Å². The molecule has 2 aromatic rings. The molecule has 0 aliphatic carbocycles. The minimum absolute atomic E-state index is 0.0523. The number of nitriles is 1. The summed E-state index contributed by atoms with van der Waals surface area (Å²) in [4.78, 5) is 12.8. The van der Waals surface area contributed by atoms with E-state index in [0.717, 1.165) is 22.6 Å². The molecule has 0 radical (unpaired) electrons. The topological polar surface area (TPSA) is 52.8 Å². The Bertz CT molecular complexity index is 631. The number of anilines is 1. The number of nitrogens with zero attached hydrogens (tertiary/aromatic N) is 4. The van der Waals surface area contributed by atoms with Crippen LogP contribution in [0.15, 0.2) is 6.07 Å². The molecule has 0 saturated carbocycles. The van der Waals surface area contributed by atoms with Crippen molar-refractivity contribution >= 4 is 39.0 Å². The smallest absolute Gasteiger partial charge is 0.225 e. The average Bonchev–Trinajstić information content (AvgIpc) is 2.74. The summed E-state index contributed by atoms with van der Waals surface area (Å²) in [6.07, 6.45) is 0. The van der Waals surface area contributed by atoms with Gasteiger partial charge in [0, 0.05) is 18.0 Å². The fourth-order valence-corrected chi connectivity index (χ4v) is 3.07. The molecular formula is C13H15ClN4S. The average molecular weight is 295 g/mol. The zero-order valence-corrected chi connectivity index (χ0v) is 12.7. The number of fused-ring (bicyclic) bond motifs is 1. The summed E-state index contributed by atoms with van der Waals surface area (Å²) >= 11 is 7.60. The Labute approximate surface area is 121 Å². The lowest BCUT2D eigenvalue weighted by atomic mass is 10.2. The van der Waals surface area contributed by atoms with Crippen molar-refractivity contribution in [1.82, 2.24) is 9.97 Å². The summed E-state index contributed by atoms with van der Waals surface area (Å²) < 4.78 is 0. The summed E-state index contributed by atoms with van der Waals surface area (Å²) in [7, 11) is 0. The number of rotatable bonds is 4. The normalized spacial score (nSPS) is 12.4.